The van der Waals surface area contributed by atoms with E-state index in [1.807, 2.05) is 19.9 Å². The minimum absolute atomic E-state index is 0.176. The van der Waals surface area contributed by atoms with Gasteiger partial charge in [0.05, 0.1) is 10.4 Å². The molecular formula is C13H10F2N2S. The Balaban J connectivity index is 2.22. The molecule has 2 aromatic heterocycles. The summed E-state index contributed by atoms with van der Waals surface area (Å²) in [6, 6.07) is 4.09. The number of H-pyrrole nitrogens is 1. The lowest BCUT2D eigenvalue weighted by atomic mass is 10.3. The molecule has 2 heterocycles. The lowest BCUT2D eigenvalue weighted by Crippen LogP contribution is -1.81. The molecule has 2 nitrogen and oxygen atoms in total. The first kappa shape index (κ1) is 11.3. The van der Waals surface area contributed by atoms with Crippen LogP contribution in [0.5, 0.6) is 0 Å². The molecule has 0 atom stereocenters. The van der Waals surface area contributed by atoms with Crippen molar-refractivity contribution in [2.45, 2.75) is 13.8 Å². The quantitative estimate of drug-likeness (QED) is 0.701. The van der Waals surface area contributed by atoms with Gasteiger partial charge in [-0.25, -0.2) is 13.8 Å². The number of halogens is 2. The molecule has 3 aromatic rings. The number of hydrogen-bond acceptors (Lipinski definition) is 2. The smallest absolute Gasteiger partial charge is 0.153 e. The fraction of sp³-hybridized carbons (Fsp3) is 0.154. The van der Waals surface area contributed by atoms with Gasteiger partial charge in [-0.3, -0.25) is 0 Å². The second-order valence-electron chi connectivity index (χ2n) is 4.22. The molecule has 0 spiro atoms. The van der Waals surface area contributed by atoms with Crippen molar-refractivity contribution < 1.29 is 8.78 Å². The molecule has 0 unspecified atom stereocenters. The third-order valence-electron chi connectivity index (χ3n) is 2.90. The Morgan fingerprint density at radius 3 is 2.61 bits per heavy atom. The molecule has 0 aliphatic carbocycles. The molecule has 92 valence electrons. The highest BCUT2D eigenvalue weighted by molar-refractivity contribution is 7.15. The Morgan fingerprint density at radius 2 is 1.94 bits per heavy atom. The number of aromatic amines is 1. The van der Waals surface area contributed by atoms with Gasteiger partial charge in [0.15, 0.2) is 5.82 Å². The van der Waals surface area contributed by atoms with Crippen LogP contribution in [-0.2, 0) is 0 Å². The third-order valence-corrected chi connectivity index (χ3v) is 4.06. The second-order valence-corrected chi connectivity index (χ2v) is 5.48. The lowest BCUT2D eigenvalue weighted by molar-refractivity contribution is 0.591. The highest BCUT2D eigenvalue weighted by atomic mass is 32.1. The van der Waals surface area contributed by atoms with Gasteiger partial charge < -0.3 is 4.98 Å². The monoisotopic (exact) mass is 264 g/mol. The maximum absolute atomic E-state index is 13.5. The first-order valence-electron chi connectivity index (χ1n) is 5.47. The fourth-order valence-electron chi connectivity index (χ4n) is 1.85. The van der Waals surface area contributed by atoms with E-state index in [1.165, 1.54) is 16.5 Å². The second kappa shape index (κ2) is 3.88. The van der Waals surface area contributed by atoms with Gasteiger partial charge in [0, 0.05) is 10.9 Å². The Labute approximate surface area is 106 Å². The summed E-state index contributed by atoms with van der Waals surface area (Å²) in [7, 11) is 0. The minimum Gasteiger partial charge on any atom is -0.337 e. The summed E-state index contributed by atoms with van der Waals surface area (Å²) in [4.78, 5) is 9.27. The number of rotatable bonds is 1. The number of benzene rings is 1. The van der Waals surface area contributed by atoms with Crippen LogP contribution in [0.2, 0.25) is 0 Å². The molecule has 0 saturated carbocycles. The van der Waals surface area contributed by atoms with Crippen LogP contribution in [-0.4, -0.2) is 9.97 Å². The van der Waals surface area contributed by atoms with E-state index in [0.717, 1.165) is 10.9 Å². The summed E-state index contributed by atoms with van der Waals surface area (Å²) in [5, 5.41) is 0. The predicted molar refractivity (Wildman–Crippen MR) is 68.8 cm³/mol. The summed E-state index contributed by atoms with van der Waals surface area (Å²) in [6.45, 7) is 4.03. The third kappa shape index (κ3) is 1.71. The summed E-state index contributed by atoms with van der Waals surface area (Å²) < 4.78 is 26.6. The van der Waals surface area contributed by atoms with Crippen LogP contribution in [0, 0.1) is 25.5 Å². The highest BCUT2D eigenvalue weighted by Crippen LogP contribution is 2.30. The number of fused-ring (bicyclic) bond motifs is 1. The van der Waals surface area contributed by atoms with Gasteiger partial charge in [0.2, 0.25) is 0 Å². The number of hydrogen-bond donors (Lipinski definition) is 1. The zero-order valence-electron chi connectivity index (χ0n) is 9.84. The number of aromatic nitrogens is 2. The van der Waals surface area contributed by atoms with Crippen molar-refractivity contribution in [2.24, 2.45) is 0 Å². The Kier molecular flexibility index (Phi) is 2.45. The Morgan fingerprint density at radius 1 is 1.17 bits per heavy atom. The number of nitrogens with one attached hydrogen (secondary N) is 1. The van der Waals surface area contributed by atoms with E-state index in [9.17, 15) is 8.78 Å². The molecule has 5 heteroatoms. The topological polar surface area (TPSA) is 28.7 Å². The largest absolute Gasteiger partial charge is 0.337 e. The predicted octanol–water partition coefficient (Wildman–Crippen LogP) is 4.19. The van der Waals surface area contributed by atoms with Crippen LogP contribution in [0.15, 0.2) is 18.2 Å². The van der Waals surface area contributed by atoms with Crippen molar-refractivity contribution in [3.63, 3.8) is 0 Å². The molecule has 0 radical (unpaired) electrons. The molecule has 0 fully saturated rings. The Hall–Kier alpha value is -1.75. The summed E-state index contributed by atoms with van der Waals surface area (Å²) >= 11 is 1.58. The van der Waals surface area contributed by atoms with Crippen molar-refractivity contribution in [1.29, 1.82) is 0 Å². The van der Waals surface area contributed by atoms with Crippen molar-refractivity contribution in [3.05, 3.63) is 40.3 Å². The van der Waals surface area contributed by atoms with Crippen LogP contribution in [0.3, 0.4) is 0 Å². The van der Waals surface area contributed by atoms with E-state index >= 15 is 0 Å². The normalized spacial score (nSPS) is 11.3. The molecule has 1 N–H and O–H groups in total. The van der Waals surface area contributed by atoms with Crippen LogP contribution in [0.1, 0.15) is 10.4 Å². The van der Waals surface area contributed by atoms with E-state index < -0.39 is 11.6 Å². The highest BCUT2D eigenvalue weighted by Gasteiger charge is 2.13. The summed E-state index contributed by atoms with van der Waals surface area (Å²) in [6.07, 6.45) is 0. The first-order chi connectivity index (χ1) is 8.54. The SMILES string of the molecule is Cc1cc(-c2nc3c(F)cc(F)cc3[nH]2)sc1C. The van der Waals surface area contributed by atoms with Gasteiger partial charge in [-0.05, 0) is 31.5 Å². The zero-order chi connectivity index (χ0) is 12.9. The van der Waals surface area contributed by atoms with Gasteiger partial charge >= 0.3 is 0 Å². The lowest BCUT2D eigenvalue weighted by Gasteiger charge is -1.90. The van der Waals surface area contributed by atoms with E-state index in [1.54, 1.807) is 11.3 Å². The standard InChI is InChI=1S/C13H10F2N2S/c1-6-3-11(18-7(6)2)13-16-10-5-8(14)4-9(15)12(10)17-13/h3-5H,1-2H3,(H,16,17). The average Bonchev–Trinajstić information content (AvgIpc) is 2.84. The maximum atomic E-state index is 13.5. The molecule has 0 saturated heterocycles. The van der Waals surface area contributed by atoms with Crippen molar-refractivity contribution in [2.75, 3.05) is 0 Å². The molecule has 3 rings (SSSR count). The molecule has 0 aliphatic heterocycles. The van der Waals surface area contributed by atoms with Crippen molar-refractivity contribution in [1.82, 2.24) is 9.97 Å². The van der Waals surface area contributed by atoms with Gasteiger partial charge in [-0.15, -0.1) is 11.3 Å². The van der Waals surface area contributed by atoms with Crippen LogP contribution in [0.25, 0.3) is 21.7 Å². The molecule has 1 aromatic carbocycles. The van der Waals surface area contributed by atoms with E-state index in [-0.39, 0.29) is 5.52 Å². The van der Waals surface area contributed by atoms with E-state index in [0.29, 0.717) is 11.3 Å². The number of aryl methyl sites for hydroxylation is 2. The zero-order valence-corrected chi connectivity index (χ0v) is 10.7. The van der Waals surface area contributed by atoms with Gasteiger partial charge in [0.1, 0.15) is 17.2 Å². The first-order valence-corrected chi connectivity index (χ1v) is 6.28. The fourth-order valence-corrected chi connectivity index (χ4v) is 2.83. The average molecular weight is 264 g/mol. The summed E-state index contributed by atoms with van der Waals surface area (Å²) in [5.74, 6) is -0.665. The molecular weight excluding hydrogens is 254 g/mol. The van der Waals surface area contributed by atoms with Crippen molar-refractivity contribution >= 4 is 22.4 Å². The van der Waals surface area contributed by atoms with Crippen LogP contribution < -0.4 is 0 Å². The van der Waals surface area contributed by atoms with Crippen LogP contribution in [0.4, 0.5) is 8.78 Å². The summed E-state index contributed by atoms with van der Waals surface area (Å²) in [5.41, 5.74) is 1.73. The Bertz CT molecular complexity index is 723. The number of nitrogens with zero attached hydrogens (tertiary/aromatic N) is 1. The van der Waals surface area contributed by atoms with Gasteiger partial charge in [-0.1, -0.05) is 0 Å². The van der Waals surface area contributed by atoms with Crippen molar-refractivity contribution in [3.8, 4) is 10.7 Å². The molecule has 0 bridgehead atoms. The van der Waals surface area contributed by atoms with E-state index in [4.69, 9.17) is 0 Å². The number of thiophene rings is 1. The van der Waals surface area contributed by atoms with Gasteiger partial charge in [0.25, 0.3) is 0 Å². The maximum Gasteiger partial charge on any atom is 0.153 e. The molecule has 18 heavy (non-hydrogen) atoms. The van der Waals surface area contributed by atoms with Crippen LogP contribution >= 0.6 is 11.3 Å². The molecule has 0 aliphatic rings. The minimum atomic E-state index is -0.641. The van der Waals surface area contributed by atoms with Gasteiger partial charge in [-0.2, -0.15) is 0 Å². The number of imidazole rings is 1. The van der Waals surface area contributed by atoms with E-state index in [2.05, 4.69) is 9.97 Å². The molecule has 0 amide bonds.